The molecular formula is C31H29ClN2O4S. The van der Waals surface area contributed by atoms with E-state index in [1.165, 1.54) is 0 Å². The summed E-state index contributed by atoms with van der Waals surface area (Å²) in [7, 11) is 1.64. The molecule has 0 bridgehead atoms. The van der Waals surface area contributed by atoms with Gasteiger partial charge in [0.25, 0.3) is 0 Å². The van der Waals surface area contributed by atoms with Gasteiger partial charge >= 0.3 is 5.97 Å². The molecule has 0 spiro atoms. The van der Waals surface area contributed by atoms with Crippen molar-refractivity contribution in [2.75, 3.05) is 20.3 Å². The Morgan fingerprint density at radius 3 is 2.64 bits per heavy atom. The fourth-order valence-corrected chi connectivity index (χ4v) is 5.85. The number of aliphatic imine (C=N–C) groups is 1. The predicted octanol–water partition coefficient (Wildman–Crippen LogP) is 7.27. The number of fused-ring (bicyclic) bond motifs is 1. The summed E-state index contributed by atoms with van der Waals surface area (Å²) in [5, 5.41) is 1.56. The molecule has 6 nitrogen and oxygen atoms in total. The average molecular weight is 561 g/mol. The van der Waals surface area contributed by atoms with Crippen molar-refractivity contribution >= 4 is 40.6 Å². The van der Waals surface area contributed by atoms with Crippen LogP contribution in [0.1, 0.15) is 36.6 Å². The first-order chi connectivity index (χ1) is 18.9. The van der Waals surface area contributed by atoms with E-state index in [0.29, 0.717) is 36.1 Å². The van der Waals surface area contributed by atoms with Gasteiger partial charge in [-0.25, -0.2) is 9.79 Å². The van der Waals surface area contributed by atoms with Crippen LogP contribution in [0.5, 0.6) is 11.5 Å². The molecule has 1 fully saturated rings. The number of allylic oxidation sites excluding steroid dienone is 1. The zero-order valence-corrected chi connectivity index (χ0v) is 23.6. The predicted molar refractivity (Wildman–Crippen MR) is 157 cm³/mol. The molecule has 2 aliphatic rings. The number of benzene rings is 3. The SMILES string of the molecule is CCOC(=O)C1=C(C)N=C2S/C(=C\c3cccc(OCc4ccc(Cl)cc4)c3)CN2C1c1cccc(OC)c1. The van der Waals surface area contributed by atoms with Gasteiger partial charge in [-0.3, -0.25) is 0 Å². The summed E-state index contributed by atoms with van der Waals surface area (Å²) >= 11 is 7.60. The summed E-state index contributed by atoms with van der Waals surface area (Å²) in [6.07, 6.45) is 2.14. The highest BCUT2D eigenvalue weighted by molar-refractivity contribution is 8.17. The lowest BCUT2D eigenvalue weighted by Crippen LogP contribution is -2.36. The second kappa shape index (κ2) is 12.0. The number of thioether (sulfide) groups is 1. The van der Waals surface area contributed by atoms with E-state index >= 15 is 0 Å². The minimum absolute atomic E-state index is 0.299. The van der Waals surface area contributed by atoms with E-state index in [0.717, 1.165) is 38.3 Å². The summed E-state index contributed by atoms with van der Waals surface area (Å²) in [6.45, 7) is 5.05. The quantitative estimate of drug-likeness (QED) is 0.270. The van der Waals surface area contributed by atoms with Crippen molar-refractivity contribution in [1.82, 2.24) is 4.90 Å². The van der Waals surface area contributed by atoms with Crippen LogP contribution in [0.3, 0.4) is 0 Å². The molecule has 0 saturated carbocycles. The van der Waals surface area contributed by atoms with Crippen LogP contribution in [-0.4, -0.2) is 36.3 Å². The highest BCUT2D eigenvalue weighted by Crippen LogP contribution is 2.45. The van der Waals surface area contributed by atoms with Crippen molar-refractivity contribution < 1.29 is 19.0 Å². The van der Waals surface area contributed by atoms with Crippen molar-refractivity contribution in [1.29, 1.82) is 0 Å². The van der Waals surface area contributed by atoms with Crippen molar-refractivity contribution in [2.45, 2.75) is 26.5 Å². The molecule has 2 aliphatic heterocycles. The highest BCUT2D eigenvalue weighted by Gasteiger charge is 2.40. The topological polar surface area (TPSA) is 60.4 Å². The largest absolute Gasteiger partial charge is 0.497 e. The van der Waals surface area contributed by atoms with Gasteiger partial charge in [-0.1, -0.05) is 59.8 Å². The zero-order chi connectivity index (χ0) is 27.4. The third-order valence-corrected chi connectivity index (χ3v) is 7.71. The number of carbonyl (C=O) groups is 1. The number of hydrogen-bond acceptors (Lipinski definition) is 7. The lowest BCUT2D eigenvalue weighted by atomic mass is 9.94. The van der Waals surface area contributed by atoms with Crippen LogP contribution in [0.25, 0.3) is 6.08 Å². The first kappa shape index (κ1) is 26.9. The minimum Gasteiger partial charge on any atom is -0.497 e. The number of esters is 1. The highest BCUT2D eigenvalue weighted by atomic mass is 35.5. The Hall–Kier alpha value is -3.68. The maximum absolute atomic E-state index is 13.1. The molecule has 0 amide bonds. The Bertz CT molecular complexity index is 1470. The van der Waals surface area contributed by atoms with Crippen LogP contribution in [0.15, 0.2) is 94.0 Å². The molecule has 39 heavy (non-hydrogen) atoms. The molecule has 3 aromatic rings. The average Bonchev–Trinajstić information content (AvgIpc) is 3.33. The smallest absolute Gasteiger partial charge is 0.338 e. The monoisotopic (exact) mass is 560 g/mol. The molecule has 1 unspecified atom stereocenters. The molecule has 1 saturated heterocycles. The Morgan fingerprint density at radius 1 is 1.10 bits per heavy atom. The van der Waals surface area contributed by atoms with E-state index in [-0.39, 0.29) is 12.0 Å². The van der Waals surface area contributed by atoms with E-state index in [2.05, 4.69) is 17.0 Å². The molecule has 0 N–H and O–H groups in total. The molecular weight excluding hydrogens is 532 g/mol. The first-order valence-corrected chi connectivity index (χ1v) is 13.9. The zero-order valence-electron chi connectivity index (χ0n) is 22.0. The van der Waals surface area contributed by atoms with E-state index < -0.39 is 0 Å². The summed E-state index contributed by atoms with van der Waals surface area (Å²) in [5.41, 5.74) is 4.24. The van der Waals surface area contributed by atoms with Crippen LogP contribution in [0.2, 0.25) is 5.02 Å². The molecule has 200 valence electrons. The Morgan fingerprint density at radius 2 is 1.87 bits per heavy atom. The summed E-state index contributed by atoms with van der Waals surface area (Å²) in [4.78, 5) is 21.2. The first-order valence-electron chi connectivity index (χ1n) is 12.7. The Balaban J connectivity index is 1.40. The van der Waals surface area contributed by atoms with E-state index in [1.54, 1.807) is 18.9 Å². The van der Waals surface area contributed by atoms with E-state index in [1.807, 2.05) is 80.6 Å². The number of halogens is 1. The van der Waals surface area contributed by atoms with E-state index in [9.17, 15) is 4.79 Å². The summed E-state index contributed by atoms with van der Waals surface area (Å²) < 4.78 is 16.9. The summed E-state index contributed by atoms with van der Waals surface area (Å²) in [6, 6.07) is 23.1. The fraction of sp³-hybridized carbons (Fsp3) is 0.226. The third kappa shape index (κ3) is 6.15. The van der Waals surface area contributed by atoms with Gasteiger partial charge in [0.2, 0.25) is 0 Å². The Kier molecular flexibility index (Phi) is 8.29. The number of amidine groups is 1. The lowest BCUT2D eigenvalue weighted by molar-refractivity contribution is -0.139. The van der Waals surface area contributed by atoms with Crippen molar-refractivity contribution in [2.24, 2.45) is 4.99 Å². The van der Waals surface area contributed by atoms with Crippen LogP contribution >= 0.6 is 23.4 Å². The van der Waals surface area contributed by atoms with Crippen LogP contribution in [-0.2, 0) is 16.1 Å². The number of methoxy groups -OCH3 is 1. The molecule has 3 aromatic carbocycles. The maximum atomic E-state index is 13.1. The Labute approximate surface area is 237 Å². The minimum atomic E-state index is -0.349. The second-order valence-electron chi connectivity index (χ2n) is 9.12. The number of ether oxygens (including phenoxy) is 3. The van der Waals surface area contributed by atoms with Gasteiger partial charge in [0.15, 0.2) is 5.17 Å². The molecule has 0 radical (unpaired) electrons. The number of rotatable bonds is 8. The maximum Gasteiger partial charge on any atom is 0.338 e. The van der Waals surface area contributed by atoms with Crippen molar-refractivity contribution in [3.8, 4) is 11.5 Å². The van der Waals surface area contributed by atoms with Gasteiger partial charge in [-0.2, -0.15) is 0 Å². The molecule has 5 rings (SSSR count). The lowest BCUT2D eigenvalue weighted by Gasteiger charge is -2.34. The number of carbonyl (C=O) groups excluding carboxylic acids is 1. The van der Waals surface area contributed by atoms with E-state index in [4.69, 9.17) is 30.8 Å². The van der Waals surface area contributed by atoms with Gasteiger partial charge in [-0.05, 0) is 73.0 Å². The summed E-state index contributed by atoms with van der Waals surface area (Å²) in [5.74, 6) is 1.17. The van der Waals surface area contributed by atoms with Crippen LogP contribution in [0, 0.1) is 0 Å². The molecule has 2 heterocycles. The normalized spacial score (nSPS) is 17.6. The number of hydrogen-bond donors (Lipinski definition) is 0. The third-order valence-electron chi connectivity index (χ3n) is 6.44. The molecule has 8 heteroatoms. The molecule has 0 aromatic heterocycles. The standard InChI is InChI=1S/C31H29ClN2O4S/c1-4-37-30(35)28-20(2)33-31-34(29(28)23-8-6-9-25(17-23)36-3)18-27(39-31)16-22-7-5-10-26(15-22)38-19-21-11-13-24(32)14-12-21/h5-17,29H,4,18-19H2,1-3H3/b27-16-. The number of nitrogens with zero attached hydrogens (tertiary/aromatic N) is 2. The molecule has 0 aliphatic carbocycles. The van der Waals surface area contributed by atoms with Gasteiger partial charge in [-0.15, -0.1) is 0 Å². The fourth-order valence-electron chi connectivity index (χ4n) is 4.62. The molecule has 1 atom stereocenters. The van der Waals surface area contributed by atoms with Gasteiger partial charge in [0.1, 0.15) is 18.1 Å². The van der Waals surface area contributed by atoms with Gasteiger partial charge in [0, 0.05) is 9.93 Å². The van der Waals surface area contributed by atoms with Gasteiger partial charge < -0.3 is 19.1 Å². The van der Waals surface area contributed by atoms with Crippen molar-refractivity contribution in [3.05, 3.63) is 111 Å². The second-order valence-corrected chi connectivity index (χ2v) is 10.7. The van der Waals surface area contributed by atoms with Gasteiger partial charge in [0.05, 0.1) is 37.6 Å². The van der Waals surface area contributed by atoms with Crippen molar-refractivity contribution in [3.63, 3.8) is 0 Å². The van der Waals surface area contributed by atoms with Crippen LogP contribution < -0.4 is 9.47 Å². The van der Waals surface area contributed by atoms with Crippen LogP contribution in [0.4, 0.5) is 0 Å².